The van der Waals surface area contributed by atoms with Gasteiger partial charge in [0.2, 0.25) is 0 Å². The molecule has 0 aliphatic heterocycles. The fraction of sp³-hybridized carbons (Fsp3) is 1.00. The van der Waals surface area contributed by atoms with Gasteiger partial charge in [0.05, 0.1) is 0 Å². The molecule has 0 spiro atoms. The Balaban J connectivity index is -0.0000000286. The van der Waals surface area contributed by atoms with E-state index >= 15 is 0 Å². The largest absolute Gasteiger partial charge is 0 e. The van der Waals surface area contributed by atoms with Crippen molar-refractivity contribution in [3.05, 3.63) is 0 Å². The maximum Gasteiger partial charge on any atom is 0 e. The van der Waals surface area contributed by atoms with Gasteiger partial charge in [-0.3, -0.25) is 0 Å². The molecule has 0 aliphatic rings. The Kier molecular flexibility index (Phi) is 39.9. The SMILES string of the molecule is CN.[Br][Pb]([Br])([Br])[Br].[CaH2].[Ti]. The van der Waals surface area contributed by atoms with Crippen LogP contribution in [0.4, 0.5) is 0 Å². The molecule has 0 fully saturated rings. The van der Waals surface area contributed by atoms with Crippen molar-refractivity contribution in [1.29, 1.82) is 0 Å². The molecule has 0 saturated heterocycles. The minimum absolute atomic E-state index is 0. The van der Waals surface area contributed by atoms with E-state index < -0.39 is 11.5 Å². The molecular formula is CH7Br4CaNPbTi. The molecule has 0 unspecified atom stereocenters. The second-order valence-corrected chi connectivity index (χ2v) is 102. The molecule has 54 valence electrons. The van der Waals surface area contributed by atoms with Gasteiger partial charge in [-0.2, -0.15) is 0 Å². The Bertz CT molecular complexity index is 36.0. The summed E-state index contributed by atoms with van der Waals surface area (Å²) < 4.78 is 0. The maximum atomic E-state index is 4.50. The van der Waals surface area contributed by atoms with E-state index in [9.17, 15) is 0 Å². The van der Waals surface area contributed by atoms with Gasteiger partial charge in [0.25, 0.3) is 0 Å². The summed E-state index contributed by atoms with van der Waals surface area (Å²) in [7, 11) is 1.50. The minimum Gasteiger partial charge on any atom is 0 e. The molecule has 1 nitrogen and oxygen atoms in total. The molecular weight excluding hydrogens is 641 g/mol. The standard InChI is InChI=1S/CH5N.4BrH.Ca.Pb.Ti.2H/c1-2;;;;;;;;;/h2H2,1H3;4*1H;;;;;/q;;;;;;+4;;;/p-4. The Morgan fingerprint density at radius 2 is 1.00 bits per heavy atom. The van der Waals surface area contributed by atoms with Crippen molar-refractivity contribution in [3.63, 3.8) is 0 Å². The first-order valence-corrected chi connectivity index (χ1v) is 35.0. The Morgan fingerprint density at radius 3 is 1.00 bits per heavy atom. The third-order valence-corrected chi connectivity index (χ3v) is 0. The summed E-state index contributed by atoms with van der Waals surface area (Å²) in [6, 6.07) is 0. The Hall–Kier alpha value is 4.78. The maximum absolute atomic E-state index is 4.50. The predicted molar refractivity (Wildman–Crippen MR) is 60.1 cm³/mol. The van der Waals surface area contributed by atoms with Gasteiger partial charge in [-0.25, -0.2) is 0 Å². The van der Waals surface area contributed by atoms with Crippen LogP contribution in [0.3, 0.4) is 0 Å². The number of rotatable bonds is 0. The number of nitrogens with two attached hydrogens (primary N) is 1. The van der Waals surface area contributed by atoms with Crippen molar-refractivity contribution < 1.29 is 21.7 Å². The zero-order valence-corrected chi connectivity index (χ0v) is 15.9. The van der Waals surface area contributed by atoms with Crippen LogP contribution < -0.4 is 5.73 Å². The second kappa shape index (κ2) is 15.3. The van der Waals surface area contributed by atoms with Gasteiger partial charge >= 0.3 is 97.2 Å². The van der Waals surface area contributed by atoms with Crippen molar-refractivity contribution in [2.45, 2.75) is 0 Å². The van der Waals surface area contributed by atoms with Gasteiger partial charge in [0.1, 0.15) is 0 Å². The third kappa shape index (κ3) is 65.0. The zero-order valence-electron chi connectivity index (χ0n) is 4.09. The van der Waals surface area contributed by atoms with Crippen LogP contribution in [0.2, 0.25) is 0 Å². The molecule has 0 atom stereocenters. The summed E-state index contributed by atoms with van der Waals surface area (Å²) in [6.07, 6.45) is 0. The molecule has 9 heavy (non-hydrogen) atoms. The van der Waals surface area contributed by atoms with Crippen LogP contribution in [-0.4, -0.2) is 56.3 Å². The Morgan fingerprint density at radius 1 is 1.00 bits per heavy atom. The molecule has 8 heteroatoms. The van der Waals surface area contributed by atoms with Crippen LogP contribution in [0.5, 0.6) is 0 Å². The summed E-state index contributed by atoms with van der Waals surface area (Å²) >= 11 is 11.4. The molecule has 0 bridgehead atoms. The second-order valence-electron chi connectivity index (χ2n) is 0.429. The Labute approximate surface area is 128 Å². The fourth-order valence-electron chi connectivity index (χ4n) is 0. The van der Waals surface area contributed by atoms with E-state index in [1.165, 1.54) is 7.05 Å². The smallest absolute Gasteiger partial charge is 0 e. The van der Waals surface area contributed by atoms with Crippen LogP contribution in [0.15, 0.2) is 0 Å². The third-order valence-electron chi connectivity index (χ3n) is 0. The van der Waals surface area contributed by atoms with E-state index in [0.29, 0.717) is 0 Å². The molecule has 0 amide bonds. The topological polar surface area (TPSA) is 26.0 Å². The molecule has 2 N–H and O–H groups in total. The first-order chi connectivity index (χ1) is 3.00. The van der Waals surface area contributed by atoms with Crippen LogP contribution in [0.1, 0.15) is 0 Å². The van der Waals surface area contributed by atoms with Gasteiger partial charge in [-0.15, -0.1) is 0 Å². The minimum atomic E-state index is -2.03. The number of halogens is 4. The molecule has 0 aromatic carbocycles. The summed E-state index contributed by atoms with van der Waals surface area (Å²) in [5.74, 6) is 0. The van der Waals surface area contributed by atoms with Crippen LogP contribution in [0.25, 0.3) is 0 Å². The van der Waals surface area contributed by atoms with Crippen molar-refractivity contribution in [1.82, 2.24) is 0 Å². The van der Waals surface area contributed by atoms with E-state index in [1.807, 2.05) is 0 Å². The normalized spacial score (nSPS) is 7.33. The molecule has 0 aromatic rings. The van der Waals surface area contributed by atoms with E-state index in [0.717, 1.165) is 0 Å². The van der Waals surface area contributed by atoms with Crippen molar-refractivity contribution in [2.75, 3.05) is 7.05 Å². The predicted octanol–water partition coefficient (Wildman–Crippen LogP) is 1.66. The molecule has 0 heterocycles. The van der Waals surface area contributed by atoms with E-state index in [2.05, 4.69) is 53.7 Å². The van der Waals surface area contributed by atoms with E-state index in [4.69, 9.17) is 0 Å². The molecule has 0 aromatic heterocycles. The quantitative estimate of drug-likeness (QED) is 0.398. The summed E-state index contributed by atoms with van der Waals surface area (Å²) in [5, 5.41) is 0. The summed E-state index contributed by atoms with van der Waals surface area (Å²) in [5.41, 5.74) is 4.50. The molecule has 0 saturated carbocycles. The summed E-state index contributed by atoms with van der Waals surface area (Å²) in [4.78, 5) is 0. The van der Waals surface area contributed by atoms with Gasteiger partial charge in [-0.05, 0) is 7.05 Å². The van der Waals surface area contributed by atoms with Gasteiger partial charge in [-0.1, -0.05) is 0 Å². The van der Waals surface area contributed by atoms with Gasteiger partial charge in [0, 0.05) is 21.7 Å². The van der Waals surface area contributed by atoms with Crippen LogP contribution in [-0.2, 0) is 21.7 Å². The first kappa shape index (κ1) is 23.5. The fourth-order valence-corrected chi connectivity index (χ4v) is 0. The monoisotopic (exact) mass is 645 g/mol. The number of hydrogen-bond donors (Lipinski definition) is 1. The van der Waals surface area contributed by atoms with Crippen molar-refractivity contribution in [3.8, 4) is 0 Å². The zero-order chi connectivity index (χ0) is 6.50. The number of hydrogen-bond acceptors (Lipinski definition) is 1. The van der Waals surface area contributed by atoms with Crippen molar-refractivity contribution in [2.24, 2.45) is 5.73 Å². The van der Waals surface area contributed by atoms with E-state index in [-0.39, 0.29) is 59.5 Å². The summed E-state index contributed by atoms with van der Waals surface area (Å²) in [6.45, 7) is 0. The average molecular weight is 648 g/mol. The van der Waals surface area contributed by atoms with Crippen LogP contribution in [0, 0.1) is 0 Å². The van der Waals surface area contributed by atoms with E-state index in [1.54, 1.807) is 0 Å². The average Bonchev–Trinajstić information content (AvgIpc) is 1.36. The molecule has 0 rings (SSSR count). The van der Waals surface area contributed by atoms with Gasteiger partial charge in [0.15, 0.2) is 0 Å². The molecule has 0 radical (unpaired) electrons. The molecule has 0 aliphatic carbocycles. The van der Waals surface area contributed by atoms with Crippen molar-refractivity contribution >= 4 is 97.2 Å². The van der Waals surface area contributed by atoms with Crippen LogP contribution >= 0.6 is 47.9 Å². The van der Waals surface area contributed by atoms with Gasteiger partial charge < -0.3 is 5.73 Å². The first-order valence-electron chi connectivity index (χ1n) is 1.33.